The Balaban J connectivity index is 2.12. The second kappa shape index (κ2) is 6.07. The number of rotatable bonds is 4. The summed E-state index contributed by atoms with van der Waals surface area (Å²) in [5.74, 6) is 0.881. The predicted octanol–water partition coefficient (Wildman–Crippen LogP) is 1.20. The number of hydrogen-bond donors (Lipinski definition) is 1. The largest absolute Gasteiger partial charge is 0.497 e. The van der Waals surface area contributed by atoms with Crippen LogP contribution in [0.15, 0.2) is 24.3 Å². The van der Waals surface area contributed by atoms with Crippen LogP contribution in [0.2, 0.25) is 0 Å². The molecule has 18 heavy (non-hydrogen) atoms. The van der Waals surface area contributed by atoms with Gasteiger partial charge in [-0.2, -0.15) is 0 Å². The molecule has 1 unspecified atom stereocenters. The molecular weight excluding hydrogens is 228 g/mol. The van der Waals surface area contributed by atoms with Gasteiger partial charge >= 0.3 is 0 Å². The Bertz CT molecular complexity index is 367. The number of aliphatic hydroxyl groups is 1. The van der Waals surface area contributed by atoms with Crippen molar-refractivity contribution in [2.24, 2.45) is 0 Å². The first-order chi connectivity index (χ1) is 8.74. The molecule has 4 heteroatoms. The first-order valence-electron chi connectivity index (χ1n) is 6.44. The van der Waals surface area contributed by atoms with E-state index < -0.39 is 0 Å². The van der Waals surface area contributed by atoms with Crippen molar-refractivity contribution in [2.75, 3.05) is 45.3 Å². The summed E-state index contributed by atoms with van der Waals surface area (Å²) >= 11 is 0. The van der Waals surface area contributed by atoms with E-state index in [0.29, 0.717) is 6.04 Å². The minimum atomic E-state index is 0.241. The maximum Gasteiger partial charge on any atom is 0.119 e. The van der Waals surface area contributed by atoms with Gasteiger partial charge in [0.2, 0.25) is 0 Å². The van der Waals surface area contributed by atoms with E-state index in [1.54, 1.807) is 7.11 Å². The van der Waals surface area contributed by atoms with E-state index in [9.17, 15) is 5.11 Å². The second-order valence-corrected chi connectivity index (χ2v) is 4.82. The van der Waals surface area contributed by atoms with Crippen molar-refractivity contribution in [3.63, 3.8) is 0 Å². The summed E-state index contributed by atoms with van der Waals surface area (Å²) in [5.41, 5.74) is 1.21. The highest BCUT2D eigenvalue weighted by molar-refractivity contribution is 5.50. The molecule has 1 atom stereocenters. The maximum absolute atomic E-state index is 9.19. The normalized spacial score (nSPS) is 21.1. The fraction of sp³-hybridized carbons (Fsp3) is 0.571. The van der Waals surface area contributed by atoms with E-state index in [-0.39, 0.29) is 6.61 Å². The van der Waals surface area contributed by atoms with Crippen molar-refractivity contribution in [1.82, 2.24) is 4.90 Å². The molecular formula is C14H22N2O2. The Labute approximate surface area is 109 Å². The third-order valence-corrected chi connectivity index (χ3v) is 3.55. The molecule has 0 spiro atoms. The summed E-state index contributed by atoms with van der Waals surface area (Å²) in [6.45, 7) is 3.32. The third kappa shape index (κ3) is 2.94. The van der Waals surface area contributed by atoms with Crippen LogP contribution in [-0.2, 0) is 0 Å². The van der Waals surface area contributed by atoms with Crippen LogP contribution in [0, 0.1) is 0 Å². The molecule has 0 amide bonds. The molecule has 0 bridgehead atoms. The van der Waals surface area contributed by atoms with E-state index >= 15 is 0 Å². The van der Waals surface area contributed by atoms with E-state index in [0.717, 1.165) is 31.8 Å². The Hall–Kier alpha value is -1.26. The number of piperazine rings is 1. The average Bonchev–Trinajstić information content (AvgIpc) is 2.40. The van der Waals surface area contributed by atoms with Crippen molar-refractivity contribution in [3.05, 3.63) is 24.3 Å². The van der Waals surface area contributed by atoms with Gasteiger partial charge in [0.25, 0.3) is 0 Å². The molecule has 1 saturated heterocycles. The fourth-order valence-corrected chi connectivity index (χ4v) is 2.52. The quantitative estimate of drug-likeness (QED) is 0.871. The molecule has 0 aliphatic carbocycles. The monoisotopic (exact) mass is 250 g/mol. The summed E-state index contributed by atoms with van der Waals surface area (Å²) < 4.78 is 5.18. The minimum Gasteiger partial charge on any atom is -0.497 e. The third-order valence-electron chi connectivity index (χ3n) is 3.55. The number of likely N-dealkylation sites (N-methyl/N-ethyl adjacent to an activating group) is 1. The predicted molar refractivity (Wildman–Crippen MR) is 73.3 cm³/mol. The molecule has 0 aromatic heterocycles. The number of methoxy groups -OCH3 is 1. The molecule has 1 aromatic carbocycles. The summed E-state index contributed by atoms with van der Waals surface area (Å²) in [4.78, 5) is 4.70. The zero-order valence-corrected chi connectivity index (χ0v) is 11.2. The molecule has 1 aliphatic heterocycles. The second-order valence-electron chi connectivity index (χ2n) is 4.82. The van der Waals surface area contributed by atoms with Crippen molar-refractivity contribution in [3.8, 4) is 5.75 Å². The van der Waals surface area contributed by atoms with E-state index in [1.165, 1.54) is 5.69 Å². The van der Waals surface area contributed by atoms with Gasteiger partial charge in [-0.15, -0.1) is 0 Å². The zero-order chi connectivity index (χ0) is 13.0. The van der Waals surface area contributed by atoms with Crippen LogP contribution < -0.4 is 9.64 Å². The Morgan fingerprint density at radius 3 is 2.61 bits per heavy atom. The number of aliphatic hydroxyl groups excluding tert-OH is 1. The number of nitrogens with zero attached hydrogens (tertiary/aromatic N) is 2. The van der Waals surface area contributed by atoms with Crippen molar-refractivity contribution < 1.29 is 9.84 Å². The van der Waals surface area contributed by atoms with E-state index in [4.69, 9.17) is 4.74 Å². The lowest BCUT2D eigenvalue weighted by Gasteiger charge is -2.41. The number of hydrogen-bond acceptors (Lipinski definition) is 4. The molecule has 4 nitrogen and oxygen atoms in total. The summed E-state index contributed by atoms with van der Waals surface area (Å²) in [6.07, 6.45) is 0.816. The average molecular weight is 250 g/mol. The highest BCUT2D eigenvalue weighted by Crippen LogP contribution is 2.24. The Morgan fingerprint density at radius 1 is 1.28 bits per heavy atom. The van der Waals surface area contributed by atoms with Gasteiger partial charge in [-0.3, -0.25) is 0 Å². The van der Waals surface area contributed by atoms with Gasteiger partial charge in [-0.25, -0.2) is 0 Å². The minimum absolute atomic E-state index is 0.241. The SMILES string of the molecule is COc1ccc(N2CCN(C)CC2CCO)cc1. The number of ether oxygens (including phenoxy) is 1. The molecule has 1 N–H and O–H groups in total. The van der Waals surface area contributed by atoms with Crippen molar-refractivity contribution in [1.29, 1.82) is 0 Å². The van der Waals surface area contributed by atoms with Crippen molar-refractivity contribution >= 4 is 5.69 Å². The molecule has 1 fully saturated rings. The number of benzene rings is 1. The highest BCUT2D eigenvalue weighted by Gasteiger charge is 2.24. The van der Waals surface area contributed by atoms with Crippen LogP contribution in [0.3, 0.4) is 0 Å². The van der Waals surface area contributed by atoms with Gasteiger partial charge < -0.3 is 19.6 Å². The zero-order valence-electron chi connectivity index (χ0n) is 11.2. The van der Waals surface area contributed by atoms with Crippen LogP contribution in [0.1, 0.15) is 6.42 Å². The van der Waals surface area contributed by atoms with Gasteiger partial charge in [-0.05, 0) is 37.7 Å². The molecule has 0 saturated carbocycles. The van der Waals surface area contributed by atoms with Crippen LogP contribution >= 0.6 is 0 Å². The van der Waals surface area contributed by atoms with Gasteiger partial charge in [0.05, 0.1) is 7.11 Å². The standard InChI is InChI=1S/C14H22N2O2/c1-15-8-9-16(13(11-15)7-10-17)12-3-5-14(18-2)6-4-12/h3-6,13,17H,7-11H2,1-2H3. The lowest BCUT2D eigenvalue weighted by Crippen LogP contribution is -2.52. The molecule has 1 heterocycles. The van der Waals surface area contributed by atoms with Crippen molar-refractivity contribution in [2.45, 2.75) is 12.5 Å². The molecule has 1 aliphatic rings. The summed E-state index contributed by atoms with van der Waals surface area (Å²) in [5, 5.41) is 9.19. The molecule has 1 aromatic rings. The van der Waals surface area contributed by atoms with Crippen LogP contribution in [0.4, 0.5) is 5.69 Å². The molecule has 2 rings (SSSR count). The van der Waals surface area contributed by atoms with E-state index in [1.807, 2.05) is 12.1 Å². The first-order valence-corrected chi connectivity index (χ1v) is 6.44. The smallest absolute Gasteiger partial charge is 0.119 e. The van der Waals surface area contributed by atoms with Gasteiger partial charge in [-0.1, -0.05) is 0 Å². The lowest BCUT2D eigenvalue weighted by molar-refractivity contribution is 0.219. The number of anilines is 1. The summed E-state index contributed by atoms with van der Waals surface area (Å²) in [7, 11) is 3.81. The van der Waals surface area contributed by atoms with Crippen LogP contribution in [0.5, 0.6) is 5.75 Å². The summed E-state index contributed by atoms with van der Waals surface area (Å²) in [6, 6.07) is 8.55. The highest BCUT2D eigenvalue weighted by atomic mass is 16.5. The van der Waals surface area contributed by atoms with Crippen LogP contribution in [0.25, 0.3) is 0 Å². The maximum atomic E-state index is 9.19. The lowest BCUT2D eigenvalue weighted by atomic mass is 10.1. The van der Waals surface area contributed by atoms with Crippen LogP contribution in [-0.4, -0.2) is 56.4 Å². The first kappa shape index (κ1) is 13.2. The van der Waals surface area contributed by atoms with Gasteiger partial charge in [0, 0.05) is 38.0 Å². The Kier molecular flexibility index (Phi) is 4.44. The van der Waals surface area contributed by atoms with Gasteiger partial charge in [0.1, 0.15) is 5.75 Å². The van der Waals surface area contributed by atoms with E-state index in [2.05, 4.69) is 29.0 Å². The molecule has 100 valence electrons. The topological polar surface area (TPSA) is 35.9 Å². The fourth-order valence-electron chi connectivity index (χ4n) is 2.52. The molecule has 0 radical (unpaired) electrons. The van der Waals surface area contributed by atoms with Gasteiger partial charge in [0.15, 0.2) is 0 Å². The Morgan fingerprint density at radius 2 is 2.00 bits per heavy atom.